The maximum Gasteiger partial charge on any atom is 0.485 e. The summed E-state index contributed by atoms with van der Waals surface area (Å²) in [6.45, 7) is 0. The van der Waals surface area contributed by atoms with Gasteiger partial charge in [0, 0.05) is 12.7 Å². The number of anilines is 1. The fraction of sp³-hybridized carbons (Fsp3) is 0.222. The smallest absolute Gasteiger partial charge is 0.297 e. The van der Waals surface area contributed by atoms with Crippen LogP contribution >= 0.6 is 0 Å². The third kappa shape index (κ3) is 3.49. The van der Waals surface area contributed by atoms with Crippen LogP contribution in [0.1, 0.15) is 0 Å². The third-order valence-electron chi connectivity index (χ3n) is 1.70. The first-order chi connectivity index (χ1) is 6.90. The van der Waals surface area contributed by atoms with Crippen molar-refractivity contribution in [1.82, 2.24) is 5.32 Å². The number of hydrogen-bond donors (Lipinski definition) is 1. The first-order valence-corrected chi connectivity index (χ1v) is 4.08. The van der Waals surface area contributed by atoms with Crippen LogP contribution in [0.2, 0.25) is 0 Å². The van der Waals surface area contributed by atoms with Crippen molar-refractivity contribution in [3.8, 4) is 0 Å². The van der Waals surface area contributed by atoms with Gasteiger partial charge < -0.3 is 0 Å². The van der Waals surface area contributed by atoms with E-state index in [1.807, 2.05) is 0 Å². The molecule has 0 saturated heterocycles. The third-order valence-corrected chi connectivity index (χ3v) is 1.70. The van der Waals surface area contributed by atoms with Crippen molar-refractivity contribution < 1.29 is 18.0 Å². The number of carbonyl (C=O) groups excluding carboxylic acids is 1. The molecule has 0 spiro atoms. The summed E-state index contributed by atoms with van der Waals surface area (Å²) in [5.74, 6) is 0. The SMILES string of the molecule is CN(C(=O)NC(F)(F)F)c1ccccc1. The summed E-state index contributed by atoms with van der Waals surface area (Å²) < 4.78 is 35.5. The second kappa shape index (κ2) is 4.20. The molecule has 0 heterocycles. The second-order valence-corrected chi connectivity index (χ2v) is 2.82. The van der Waals surface area contributed by atoms with E-state index in [0.717, 1.165) is 10.2 Å². The summed E-state index contributed by atoms with van der Waals surface area (Å²) >= 11 is 0. The maximum absolute atomic E-state index is 11.8. The minimum absolute atomic E-state index is 0.388. The molecule has 0 aliphatic rings. The number of benzene rings is 1. The predicted octanol–water partition coefficient (Wildman–Crippen LogP) is 2.35. The maximum atomic E-state index is 11.8. The van der Waals surface area contributed by atoms with Gasteiger partial charge in [-0.1, -0.05) is 18.2 Å². The molecule has 2 amide bonds. The number of urea groups is 1. The zero-order valence-corrected chi connectivity index (χ0v) is 7.88. The lowest BCUT2D eigenvalue weighted by Crippen LogP contribution is -2.45. The van der Waals surface area contributed by atoms with Gasteiger partial charge in [0.05, 0.1) is 0 Å². The van der Waals surface area contributed by atoms with Crippen LogP contribution < -0.4 is 10.2 Å². The van der Waals surface area contributed by atoms with E-state index in [9.17, 15) is 18.0 Å². The van der Waals surface area contributed by atoms with Gasteiger partial charge in [-0.05, 0) is 12.1 Å². The Morgan fingerprint density at radius 1 is 1.27 bits per heavy atom. The number of nitrogens with one attached hydrogen (secondary N) is 1. The Morgan fingerprint density at radius 3 is 2.27 bits per heavy atom. The van der Waals surface area contributed by atoms with Crippen LogP contribution in [0.15, 0.2) is 30.3 Å². The van der Waals surface area contributed by atoms with Gasteiger partial charge in [0.15, 0.2) is 0 Å². The zero-order valence-electron chi connectivity index (χ0n) is 7.88. The average Bonchev–Trinajstić information content (AvgIpc) is 2.15. The van der Waals surface area contributed by atoms with E-state index in [1.54, 1.807) is 18.2 Å². The van der Waals surface area contributed by atoms with Gasteiger partial charge in [-0.3, -0.25) is 4.90 Å². The molecule has 15 heavy (non-hydrogen) atoms. The van der Waals surface area contributed by atoms with Crippen molar-refractivity contribution in [3.63, 3.8) is 0 Å². The Kier molecular flexibility index (Phi) is 3.18. The molecule has 0 aromatic heterocycles. The largest absolute Gasteiger partial charge is 0.485 e. The standard InChI is InChI=1S/C9H9F3N2O/c1-14(7-5-3-2-4-6-7)8(15)13-9(10,11)12/h2-6H,1H3,(H,13,15). The number of amides is 2. The summed E-state index contributed by atoms with van der Waals surface area (Å²) in [5, 5.41) is 0.904. The minimum Gasteiger partial charge on any atom is -0.297 e. The molecule has 0 bridgehead atoms. The lowest BCUT2D eigenvalue weighted by atomic mass is 10.3. The first kappa shape index (κ1) is 11.4. The van der Waals surface area contributed by atoms with Crippen LogP contribution in [0, 0.1) is 0 Å². The molecule has 1 aromatic carbocycles. The monoisotopic (exact) mass is 218 g/mol. The highest BCUT2D eigenvalue weighted by atomic mass is 19.4. The predicted molar refractivity (Wildman–Crippen MR) is 49.4 cm³/mol. The topological polar surface area (TPSA) is 32.3 Å². The van der Waals surface area contributed by atoms with Crippen LogP contribution in [0.25, 0.3) is 0 Å². The van der Waals surface area contributed by atoms with Crippen LogP contribution in [0.4, 0.5) is 23.7 Å². The summed E-state index contributed by atoms with van der Waals surface area (Å²) in [4.78, 5) is 11.9. The highest BCUT2D eigenvalue weighted by Gasteiger charge is 2.31. The normalized spacial score (nSPS) is 10.9. The van der Waals surface area contributed by atoms with E-state index < -0.39 is 12.3 Å². The molecule has 0 aliphatic heterocycles. The quantitative estimate of drug-likeness (QED) is 0.721. The van der Waals surface area contributed by atoms with E-state index in [1.165, 1.54) is 19.2 Å². The van der Waals surface area contributed by atoms with Crippen molar-refractivity contribution in [1.29, 1.82) is 0 Å². The highest BCUT2D eigenvalue weighted by Crippen LogP contribution is 2.14. The molecule has 1 rings (SSSR count). The molecule has 0 fully saturated rings. The minimum atomic E-state index is -4.71. The summed E-state index contributed by atoms with van der Waals surface area (Å²) in [7, 11) is 1.26. The first-order valence-electron chi connectivity index (χ1n) is 4.08. The van der Waals surface area contributed by atoms with Crippen LogP contribution in [0.5, 0.6) is 0 Å². The number of hydrogen-bond acceptors (Lipinski definition) is 1. The van der Waals surface area contributed by atoms with Crippen molar-refractivity contribution in [2.75, 3.05) is 11.9 Å². The van der Waals surface area contributed by atoms with Gasteiger partial charge in [0.2, 0.25) is 0 Å². The Bertz CT molecular complexity index is 337. The van der Waals surface area contributed by atoms with E-state index in [-0.39, 0.29) is 0 Å². The van der Waals surface area contributed by atoms with Crippen LogP contribution in [0.3, 0.4) is 0 Å². The average molecular weight is 218 g/mol. The van der Waals surface area contributed by atoms with Gasteiger partial charge in [-0.25, -0.2) is 10.1 Å². The van der Waals surface area contributed by atoms with Gasteiger partial charge in [0.25, 0.3) is 0 Å². The van der Waals surface area contributed by atoms with Crippen LogP contribution in [-0.2, 0) is 0 Å². The van der Waals surface area contributed by atoms with E-state index >= 15 is 0 Å². The van der Waals surface area contributed by atoms with E-state index in [0.29, 0.717) is 5.69 Å². The molecular weight excluding hydrogens is 209 g/mol. The Hall–Kier alpha value is -1.72. The molecule has 0 atom stereocenters. The molecular formula is C9H9F3N2O. The fourth-order valence-electron chi connectivity index (χ4n) is 0.974. The van der Waals surface area contributed by atoms with E-state index in [2.05, 4.69) is 0 Å². The molecule has 6 heteroatoms. The molecule has 1 aromatic rings. The number of carbonyl (C=O) groups is 1. The molecule has 0 radical (unpaired) electrons. The summed E-state index contributed by atoms with van der Waals surface area (Å²) in [6.07, 6.45) is -4.71. The zero-order chi connectivity index (χ0) is 11.5. The summed E-state index contributed by atoms with van der Waals surface area (Å²) in [5.41, 5.74) is 0.388. The van der Waals surface area contributed by atoms with Crippen LogP contribution in [-0.4, -0.2) is 19.4 Å². The molecule has 0 unspecified atom stereocenters. The van der Waals surface area contributed by atoms with Gasteiger partial charge in [-0.2, -0.15) is 13.2 Å². The Morgan fingerprint density at radius 2 is 1.80 bits per heavy atom. The Labute approximate surface area is 84.5 Å². The van der Waals surface area contributed by atoms with E-state index in [4.69, 9.17) is 0 Å². The van der Waals surface area contributed by atoms with Gasteiger partial charge >= 0.3 is 12.3 Å². The second-order valence-electron chi connectivity index (χ2n) is 2.82. The molecule has 0 saturated carbocycles. The van der Waals surface area contributed by atoms with Crippen molar-refractivity contribution in [2.45, 2.75) is 6.30 Å². The number of nitrogens with zero attached hydrogens (tertiary/aromatic N) is 1. The molecule has 0 aliphatic carbocycles. The molecule has 82 valence electrons. The van der Waals surface area contributed by atoms with Crippen molar-refractivity contribution >= 4 is 11.7 Å². The molecule has 3 nitrogen and oxygen atoms in total. The number of alkyl halides is 3. The summed E-state index contributed by atoms with van der Waals surface area (Å²) in [6, 6.07) is 6.83. The van der Waals surface area contributed by atoms with Gasteiger partial charge in [-0.15, -0.1) is 0 Å². The number of para-hydroxylation sites is 1. The Balaban J connectivity index is 2.70. The lowest BCUT2D eigenvalue weighted by Gasteiger charge is -2.18. The highest BCUT2D eigenvalue weighted by molar-refractivity contribution is 5.91. The van der Waals surface area contributed by atoms with Gasteiger partial charge in [0.1, 0.15) is 0 Å². The van der Waals surface area contributed by atoms with Crippen molar-refractivity contribution in [2.24, 2.45) is 0 Å². The lowest BCUT2D eigenvalue weighted by molar-refractivity contribution is -0.145. The number of rotatable bonds is 1. The fourth-order valence-corrected chi connectivity index (χ4v) is 0.974. The number of halogens is 3. The molecule has 1 N–H and O–H groups in total. The van der Waals surface area contributed by atoms with Crippen molar-refractivity contribution in [3.05, 3.63) is 30.3 Å².